The normalized spacial score (nSPS) is 10.2. The summed E-state index contributed by atoms with van der Waals surface area (Å²) in [5.41, 5.74) is 0.832. The molecule has 0 saturated carbocycles. The second kappa shape index (κ2) is 4.97. The summed E-state index contributed by atoms with van der Waals surface area (Å²) in [5, 5.41) is 9.86. The van der Waals surface area contributed by atoms with E-state index in [1.807, 2.05) is 30.3 Å². The van der Waals surface area contributed by atoms with E-state index in [1.165, 1.54) is 0 Å². The van der Waals surface area contributed by atoms with Crippen LogP contribution < -0.4 is 0 Å². The Morgan fingerprint density at radius 1 is 1.41 bits per heavy atom. The molecule has 0 amide bonds. The highest BCUT2D eigenvalue weighted by Crippen LogP contribution is 2.34. The van der Waals surface area contributed by atoms with Crippen molar-refractivity contribution in [1.82, 2.24) is 4.98 Å². The zero-order chi connectivity index (χ0) is 12.3. The lowest BCUT2D eigenvalue weighted by Gasteiger charge is -1.96. The lowest BCUT2D eigenvalue weighted by molar-refractivity contribution is 0.0525. The minimum atomic E-state index is -0.505. The van der Waals surface area contributed by atoms with Crippen molar-refractivity contribution in [2.75, 3.05) is 6.61 Å². The Morgan fingerprint density at radius 3 is 2.76 bits per heavy atom. The molecule has 0 unspecified atom stereocenters. The molecule has 1 heterocycles. The average Bonchev–Trinajstić information content (AvgIpc) is 2.73. The highest BCUT2D eigenvalue weighted by molar-refractivity contribution is 7.17. The fourth-order valence-corrected chi connectivity index (χ4v) is 2.23. The van der Waals surface area contributed by atoms with E-state index in [2.05, 4.69) is 4.98 Å². The van der Waals surface area contributed by atoms with Crippen molar-refractivity contribution in [1.29, 1.82) is 0 Å². The molecule has 0 aliphatic heterocycles. The van der Waals surface area contributed by atoms with Gasteiger partial charge in [0, 0.05) is 0 Å². The number of benzene rings is 1. The lowest BCUT2D eigenvalue weighted by Crippen LogP contribution is -2.03. The number of carbonyl (C=O) groups excluding carboxylic acids is 1. The number of hydrogen-bond donors (Lipinski definition) is 1. The third-order valence-corrected chi connectivity index (χ3v) is 3.17. The first-order chi connectivity index (χ1) is 8.22. The van der Waals surface area contributed by atoms with Gasteiger partial charge in [-0.15, -0.1) is 11.3 Å². The molecular formula is C12H11NO3S. The summed E-state index contributed by atoms with van der Waals surface area (Å²) in [5.74, 6) is -0.640. The molecule has 5 heteroatoms. The number of aromatic hydroxyl groups is 1. The predicted molar refractivity (Wildman–Crippen MR) is 65.2 cm³/mol. The Morgan fingerprint density at radius 2 is 2.12 bits per heavy atom. The minimum absolute atomic E-state index is 0.135. The van der Waals surface area contributed by atoms with Crippen LogP contribution in [0.2, 0.25) is 0 Å². The summed E-state index contributed by atoms with van der Waals surface area (Å²) in [7, 11) is 0. The Kier molecular flexibility index (Phi) is 3.39. The lowest BCUT2D eigenvalue weighted by atomic mass is 10.2. The van der Waals surface area contributed by atoms with Crippen molar-refractivity contribution in [3.05, 3.63) is 35.3 Å². The molecule has 2 rings (SSSR count). The highest BCUT2D eigenvalue weighted by Gasteiger charge is 2.17. The van der Waals surface area contributed by atoms with Crippen LogP contribution in [0.1, 0.15) is 16.7 Å². The smallest absolute Gasteiger partial charge is 0.367 e. The van der Waals surface area contributed by atoms with Crippen LogP contribution in [-0.2, 0) is 4.74 Å². The molecule has 0 radical (unpaired) electrons. The van der Waals surface area contributed by atoms with Crippen LogP contribution in [0, 0.1) is 0 Å². The molecule has 0 atom stereocenters. The molecule has 17 heavy (non-hydrogen) atoms. The van der Waals surface area contributed by atoms with Gasteiger partial charge >= 0.3 is 5.97 Å². The summed E-state index contributed by atoms with van der Waals surface area (Å²) in [4.78, 5) is 15.8. The van der Waals surface area contributed by atoms with E-state index in [0.717, 1.165) is 16.9 Å². The number of ether oxygens (including phenoxy) is 1. The van der Waals surface area contributed by atoms with Gasteiger partial charge in [0.25, 0.3) is 0 Å². The number of nitrogens with zero attached hydrogens (tertiary/aromatic N) is 1. The molecule has 4 nitrogen and oxygen atoms in total. The summed E-state index contributed by atoms with van der Waals surface area (Å²) in [6.45, 7) is 2.02. The Bertz CT molecular complexity index is 522. The number of hydrogen-bond acceptors (Lipinski definition) is 5. The molecule has 0 saturated heterocycles. The average molecular weight is 249 g/mol. The van der Waals surface area contributed by atoms with Crippen LogP contribution in [0.3, 0.4) is 0 Å². The van der Waals surface area contributed by atoms with Gasteiger partial charge in [-0.25, -0.2) is 4.79 Å². The van der Waals surface area contributed by atoms with Gasteiger partial charge in [-0.05, 0) is 12.5 Å². The maximum atomic E-state index is 11.5. The molecule has 1 aromatic carbocycles. The van der Waals surface area contributed by atoms with Crippen LogP contribution in [0.15, 0.2) is 30.3 Å². The Hall–Kier alpha value is -1.88. The predicted octanol–water partition coefficient (Wildman–Crippen LogP) is 2.69. The summed E-state index contributed by atoms with van der Waals surface area (Å²) in [6, 6.07) is 9.30. The molecule has 2 aromatic rings. The van der Waals surface area contributed by atoms with Crippen LogP contribution >= 0.6 is 11.3 Å². The van der Waals surface area contributed by atoms with E-state index in [-0.39, 0.29) is 10.9 Å². The molecular weight excluding hydrogens is 238 g/mol. The molecule has 1 N–H and O–H groups in total. The number of rotatable bonds is 3. The first-order valence-electron chi connectivity index (χ1n) is 5.14. The van der Waals surface area contributed by atoms with E-state index >= 15 is 0 Å². The van der Waals surface area contributed by atoms with Crippen molar-refractivity contribution < 1.29 is 14.6 Å². The standard InChI is InChI=1S/C12H11NO3S/c1-2-16-12(15)11-13-10(14)9(17-11)8-6-4-3-5-7-8/h3-7,14H,2H2,1H3. The largest absolute Gasteiger partial charge is 0.492 e. The number of carbonyl (C=O) groups is 1. The van der Waals surface area contributed by atoms with Crippen molar-refractivity contribution in [3.8, 4) is 16.3 Å². The zero-order valence-electron chi connectivity index (χ0n) is 9.21. The Balaban J connectivity index is 2.35. The van der Waals surface area contributed by atoms with Crippen molar-refractivity contribution in [3.63, 3.8) is 0 Å². The second-order valence-corrected chi connectivity index (χ2v) is 4.26. The molecule has 1 aromatic heterocycles. The second-order valence-electron chi connectivity index (χ2n) is 3.26. The first-order valence-corrected chi connectivity index (χ1v) is 5.96. The SMILES string of the molecule is CCOC(=O)c1nc(O)c(-c2ccccc2)s1. The summed E-state index contributed by atoms with van der Waals surface area (Å²) >= 11 is 1.12. The van der Waals surface area contributed by atoms with Gasteiger partial charge in [-0.3, -0.25) is 0 Å². The van der Waals surface area contributed by atoms with Crippen LogP contribution in [0.4, 0.5) is 0 Å². The van der Waals surface area contributed by atoms with Gasteiger partial charge in [-0.1, -0.05) is 30.3 Å². The van der Waals surface area contributed by atoms with Gasteiger partial charge < -0.3 is 9.84 Å². The van der Waals surface area contributed by atoms with E-state index in [9.17, 15) is 9.90 Å². The van der Waals surface area contributed by atoms with Crippen LogP contribution in [0.5, 0.6) is 5.88 Å². The molecule has 0 spiro atoms. The third-order valence-electron chi connectivity index (χ3n) is 2.10. The van der Waals surface area contributed by atoms with E-state index in [0.29, 0.717) is 11.5 Å². The number of aromatic nitrogens is 1. The molecule has 0 bridgehead atoms. The van der Waals surface area contributed by atoms with Gasteiger partial charge in [0.1, 0.15) is 0 Å². The van der Waals surface area contributed by atoms with E-state index in [4.69, 9.17) is 4.74 Å². The third kappa shape index (κ3) is 2.45. The molecule has 88 valence electrons. The zero-order valence-corrected chi connectivity index (χ0v) is 10.0. The fraction of sp³-hybridized carbons (Fsp3) is 0.167. The highest BCUT2D eigenvalue weighted by atomic mass is 32.1. The van der Waals surface area contributed by atoms with Crippen molar-refractivity contribution in [2.45, 2.75) is 6.92 Å². The van der Waals surface area contributed by atoms with E-state index < -0.39 is 5.97 Å². The number of esters is 1. The summed E-state index contributed by atoms with van der Waals surface area (Å²) < 4.78 is 4.83. The molecule has 0 aliphatic carbocycles. The van der Waals surface area contributed by atoms with Gasteiger partial charge in [0.2, 0.25) is 10.9 Å². The minimum Gasteiger partial charge on any atom is -0.492 e. The maximum absolute atomic E-state index is 11.5. The van der Waals surface area contributed by atoms with Crippen LogP contribution in [0.25, 0.3) is 10.4 Å². The van der Waals surface area contributed by atoms with Gasteiger partial charge in [0.05, 0.1) is 11.5 Å². The number of thiazole rings is 1. The fourth-order valence-electron chi connectivity index (χ4n) is 1.37. The Labute approximate surface area is 103 Å². The van der Waals surface area contributed by atoms with Gasteiger partial charge in [0.15, 0.2) is 0 Å². The molecule has 0 fully saturated rings. The first kappa shape index (κ1) is 11.6. The van der Waals surface area contributed by atoms with Crippen LogP contribution in [-0.4, -0.2) is 22.7 Å². The van der Waals surface area contributed by atoms with Crippen molar-refractivity contribution in [2.24, 2.45) is 0 Å². The van der Waals surface area contributed by atoms with Crippen molar-refractivity contribution >= 4 is 17.3 Å². The quantitative estimate of drug-likeness (QED) is 0.850. The van der Waals surface area contributed by atoms with E-state index in [1.54, 1.807) is 6.92 Å². The molecule has 0 aliphatic rings. The van der Waals surface area contributed by atoms with Gasteiger partial charge in [-0.2, -0.15) is 4.98 Å². The topological polar surface area (TPSA) is 59.4 Å². The monoisotopic (exact) mass is 249 g/mol. The summed E-state index contributed by atoms with van der Waals surface area (Å²) in [6.07, 6.45) is 0. The maximum Gasteiger partial charge on any atom is 0.367 e.